The Morgan fingerprint density at radius 3 is 2.06 bits per heavy atom. The average molecular weight is 235 g/mol. The molecule has 0 radical (unpaired) electrons. The summed E-state index contributed by atoms with van der Waals surface area (Å²) < 4.78 is 0. The van der Waals surface area contributed by atoms with Crippen LogP contribution in [-0.4, -0.2) is 24.5 Å². The van der Waals surface area contributed by atoms with E-state index in [-0.39, 0.29) is 0 Å². The summed E-state index contributed by atoms with van der Waals surface area (Å²) in [6.45, 7) is 4.25. The fourth-order valence-electron chi connectivity index (χ4n) is 4.57. The van der Waals surface area contributed by atoms with E-state index in [9.17, 15) is 0 Å². The first-order chi connectivity index (χ1) is 8.36. The topological polar surface area (TPSA) is 3.24 Å². The minimum atomic E-state index is 0.796. The molecule has 1 spiro atoms. The molecule has 17 heavy (non-hydrogen) atoms. The van der Waals surface area contributed by atoms with E-state index < -0.39 is 0 Å². The van der Waals surface area contributed by atoms with E-state index in [2.05, 4.69) is 4.90 Å². The van der Waals surface area contributed by atoms with Crippen LogP contribution in [-0.2, 0) is 0 Å². The van der Waals surface area contributed by atoms with Crippen LogP contribution < -0.4 is 0 Å². The van der Waals surface area contributed by atoms with E-state index in [4.69, 9.17) is 0 Å². The summed E-state index contributed by atoms with van der Waals surface area (Å²) in [6, 6.07) is 0. The monoisotopic (exact) mass is 235 g/mol. The van der Waals surface area contributed by atoms with Gasteiger partial charge in [0.15, 0.2) is 0 Å². The van der Waals surface area contributed by atoms with Gasteiger partial charge in [0.2, 0.25) is 0 Å². The maximum absolute atomic E-state index is 2.79. The van der Waals surface area contributed by atoms with Crippen molar-refractivity contribution in [1.82, 2.24) is 4.90 Å². The average Bonchev–Trinajstić information content (AvgIpc) is 2.87. The normalized spacial score (nSPS) is 31.1. The SMILES string of the molecule is C1CCC2(CC1)CCN(CC1CCCC1)CC2. The van der Waals surface area contributed by atoms with Gasteiger partial charge < -0.3 is 4.90 Å². The van der Waals surface area contributed by atoms with Gasteiger partial charge >= 0.3 is 0 Å². The Morgan fingerprint density at radius 1 is 0.765 bits per heavy atom. The molecule has 2 saturated carbocycles. The van der Waals surface area contributed by atoms with E-state index >= 15 is 0 Å². The molecule has 2 aliphatic carbocycles. The molecule has 3 fully saturated rings. The van der Waals surface area contributed by atoms with Crippen LogP contribution in [0.2, 0.25) is 0 Å². The predicted octanol–water partition coefficient (Wildman–Crippen LogP) is 4.22. The number of hydrogen-bond acceptors (Lipinski definition) is 1. The first kappa shape index (κ1) is 12.0. The van der Waals surface area contributed by atoms with E-state index in [1.54, 1.807) is 12.8 Å². The predicted molar refractivity (Wildman–Crippen MR) is 73.2 cm³/mol. The third kappa shape index (κ3) is 2.86. The molecule has 98 valence electrons. The van der Waals surface area contributed by atoms with Crippen molar-refractivity contribution in [2.45, 2.75) is 70.6 Å². The summed E-state index contributed by atoms with van der Waals surface area (Å²) in [7, 11) is 0. The molecule has 0 aromatic rings. The molecule has 1 heteroatoms. The molecule has 0 aromatic heterocycles. The van der Waals surface area contributed by atoms with Gasteiger partial charge in [-0.25, -0.2) is 0 Å². The zero-order valence-corrected chi connectivity index (χ0v) is 11.4. The minimum absolute atomic E-state index is 0.796. The molecule has 0 atom stereocenters. The molecule has 1 heterocycles. The molecule has 1 aliphatic heterocycles. The van der Waals surface area contributed by atoms with E-state index in [0.29, 0.717) is 0 Å². The summed E-state index contributed by atoms with van der Waals surface area (Å²) in [5.41, 5.74) is 0.796. The van der Waals surface area contributed by atoms with Gasteiger partial charge in [0, 0.05) is 6.54 Å². The van der Waals surface area contributed by atoms with Crippen LogP contribution in [0.4, 0.5) is 0 Å². The van der Waals surface area contributed by atoms with Crippen LogP contribution in [0.3, 0.4) is 0 Å². The summed E-state index contributed by atoms with van der Waals surface area (Å²) >= 11 is 0. The van der Waals surface area contributed by atoms with Gasteiger partial charge in [-0.05, 0) is 62.9 Å². The standard InChI is InChI=1S/C16H29N/c1-4-8-16(9-5-1)10-12-17(13-11-16)14-15-6-2-3-7-15/h15H,1-14H2. The summed E-state index contributed by atoms with van der Waals surface area (Å²) in [4.78, 5) is 2.79. The van der Waals surface area contributed by atoms with E-state index in [1.807, 2.05) is 0 Å². The Kier molecular flexibility index (Phi) is 3.75. The van der Waals surface area contributed by atoms with Crippen molar-refractivity contribution in [3.8, 4) is 0 Å². The van der Waals surface area contributed by atoms with Crippen LogP contribution in [0, 0.1) is 11.3 Å². The highest BCUT2D eigenvalue weighted by Crippen LogP contribution is 2.44. The van der Waals surface area contributed by atoms with E-state index in [0.717, 1.165) is 11.3 Å². The lowest BCUT2D eigenvalue weighted by Gasteiger charge is -2.44. The second-order valence-corrected chi connectivity index (χ2v) is 7.01. The van der Waals surface area contributed by atoms with Crippen LogP contribution in [0.15, 0.2) is 0 Å². The van der Waals surface area contributed by atoms with Crippen LogP contribution in [0.1, 0.15) is 70.6 Å². The molecule has 1 saturated heterocycles. The van der Waals surface area contributed by atoms with E-state index in [1.165, 1.54) is 77.4 Å². The molecule has 3 aliphatic rings. The molecule has 0 amide bonds. The lowest BCUT2D eigenvalue weighted by atomic mass is 9.68. The van der Waals surface area contributed by atoms with Crippen molar-refractivity contribution in [3.05, 3.63) is 0 Å². The molecule has 0 aromatic carbocycles. The molecule has 1 nitrogen and oxygen atoms in total. The lowest BCUT2D eigenvalue weighted by Crippen LogP contribution is -2.42. The molecule has 0 bridgehead atoms. The summed E-state index contributed by atoms with van der Waals surface area (Å²) in [6.07, 6.45) is 16.7. The minimum Gasteiger partial charge on any atom is -0.303 e. The van der Waals surface area contributed by atoms with Gasteiger partial charge in [-0.1, -0.05) is 32.1 Å². The van der Waals surface area contributed by atoms with Crippen molar-refractivity contribution in [2.75, 3.05) is 19.6 Å². The maximum atomic E-state index is 2.79. The second kappa shape index (κ2) is 5.30. The van der Waals surface area contributed by atoms with Gasteiger partial charge in [-0.3, -0.25) is 0 Å². The number of rotatable bonds is 2. The second-order valence-electron chi connectivity index (χ2n) is 7.01. The highest BCUT2D eigenvalue weighted by atomic mass is 15.1. The van der Waals surface area contributed by atoms with Crippen molar-refractivity contribution in [1.29, 1.82) is 0 Å². The Bertz CT molecular complexity index is 226. The molecular weight excluding hydrogens is 206 g/mol. The smallest absolute Gasteiger partial charge is 0.000966 e. The lowest BCUT2D eigenvalue weighted by molar-refractivity contribution is 0.0602. The molecule has 0 unspecified atom stereocenters. The zero-order chi connectivity index (χ0) is 11.6. The number of piperidine rings is 1. The molecule has 3 rings (SSSR count). The van der Waals surface area contributed by atoms with Crippen LogP contribution >= 0.6 is 0 Å². The first-order valence-corrected chi connectivity index (χ1v) is 8.09. The van der Waals surface area contributed by atoms with Crippen molar-refractivity contribution in [2.24, 2.45) is 11.3 Å². The quantitative estimate of drug-likeness (QED) is 0.692. The highest BCUT2D eigenvalue weighted by molar-refractivity contribution is 4.88. The Hall–Kier alpha value is -0.0400. The fraction of sp³-hybridized carbons (Fsp3) is 1.00. The zero-order valence-electron chi connectivity index (χ0n) is 11.4. The summed E-state index contributed by atoms with van der Waals surface area (Å²) in [5.74, 6) is 1.05. The van der Waals surface area contributed by atoms with Crippen molar-refractivity contribution in [3.63, 3.8) is 0 Å². The van der Waals surface area contributed by atoms with Gasteiger partial charge in [-0.15, -0.1) is 0 Å². The third-order valence-electron chi connectivity index (χ3n) is 5.82. The molecular formula is C16H29N. The van der Waals surface area contributed by atoms with Crippen LogP contribution in [0.25, 0.3) is 0 Å². The maximum Gasteiger partial charge on any atom is 0.000966 e. The number of likely N-dealkylation sites (tertiary alicyclic amines) is 1. The van der Waals surface area contributed by atoms with Gasteiger partial charge in [-0.2, -0.15) is 0 Å². The Labute approximate surface area is 107 Å². The summed E-state index contributed by atoms with van der Waals surface area (Å²) in [5, 5.41) is 0. The van der Waals surface area contributed by atoms with Gasteiger partial charge in [0.05, 0.1) is 0 Å². The highest BCUT2D eigenvalue weighted by Gasteiger charge is 2.35. The van der Waals surface area contributed by atoms with Gasteiger partial charge in [0.25, 0.3) is 0 Å². The Morgan fingerprint density at radius 2 is 1.41 bits per heavy atom. The van der Waals surface area contributed by atoms with Crippen molar-refractivity contribution < 1.29 is 0 Å². The third-order valence-corrected chi connectivity index (χ3v) is 5.82. The molecule has 0 N–H and O–H groups in total. The van der Waals surface area contributed by atoms with Gasteiger partial charge in [0.1, 0.15) is 0 Å². The van der Waals surface area contributed by atoms with Crippen molar-refractivity contribution >= 4 is 0 Å². The number of hydrogen-bond donors (Lipinski definition) is 0. The van der Waals surface area contributed by atoms with Crippen LogP contribution in [0.5, 0.6) is 0 Å². The first-order valence-electron chi connectivity index (χ1n) is 8.09. The fourth-order valence-corrected chi connectivity index (χ4v) is 4.57. The largest absolute Gasteiger partial charge is 0.303 e. The number of nitrogens with zero attached hydrogens (tertiary/aromatic N) is 1. The Balaban J connectivity index is 1.46.